The Morgan fingerprint density at radius 1 is 1.17 bits per heavy atom. The number of amides is 1. The predicted molar refractivity (Wildman–Crippen MR) is 93.9 cm³/mol. The molecule has 120 valence electrons. The summed E-state index contributed by atoms with van der Waals surface area (Å²) in [5.74, 6) is -1.05. The van der Waals surface area contributed by atoms with Crippen molar-refractivity contribution in [1.29, 1.82) is 0 Å². The predicted octanol–water partition coefficient (Wildman–Crippen LogP) is 4.60. The molecule has 0 fully saturated rings. The number of benzene rings is 2. The van der Waals surface area contributed by atoms with Gasteiger partial charge in [0.1, 0.15) is 5.25 Å². The van der Waals surface area contributed by atoms with Gasteiger partial charge < -0.3 is 10.4 Å². The zero-order chi connectivity index (χ0) is 16.8. The number of carboxylic acids is 1. The Labute approximate surface area is 143 Å². The topological polar surface area (TPSA) is 66.4 Å². The second kappa shape index (κ2) is 8.04. The van der Waals surface area contributed by atoms with Crippen LogP contribution in [0.5, 0.6) is 0 Å². The number of halogens is 1. The molecule has 0 radical (unpaired) electrons. The second-order valence-electron chi connectivity index (χ2n) is 4.76. The molecule has 1 unspecified atom stereocenters. The van der Waals surface area contributed by atoms with Crippen LogP contribution in [0.15, 0.2) is 48.5 Å². The van der Waals surface area contributed by atoms with E-state index in [-0.39, 0.29) is 5.24 Å². The molecule has 2 aromatic carbocycles. The van der Waals surface area contributed by atoms with Crippen LogP contribution >= 0.6 is 23.4 Å². The third-order valence-electron chi connectivity index (χ3n) is 3.17. The number of thioether (sulfide) groups is 1. The summed E-state index contributed by atoms with van der Waals surface area (Å²) in [4.78, 5) is 23.1. The summed E-state index contributed by atoms with van der Waals surface area (Å²) < 4.78 is 0. The van der Waals surface area contributed by atoms with Crippen molar-refractivity contribution >= 4 is 34.6 Å². The van der Waals surface area contributed by atoms with E-state index in [1.807, 2.05) is 30.3 Å². The number of rotatable bonds is 5. The summed E-state index contributed by atoms with van der Waals surface area (Å²) in [5.41, 5.74) is 2.33. The number of hydrogen-bond acceptors (Lipinski definition) is 3. The number of carboxylic acid groups (broad SMARTS) is 1. The van der Waals surface area contributed by atoms with Crippen LogP contribution in [0.4, 0.5) is 4.79 Å². The number of aliphatic carboxylic acids is 1. The molecule has 0 spiro atoms. The van der Waals surface area contributed by atoms with Gasteiger partial charge in [-0.25, -0.2) is 0 Å². The van der Waals surface area contributed by atoms with Gasteiger partial charge in [0, 0.05) is 17.1 Å². The molecule has 23 heavy (non-hydrogen) atoms. The van der Waals surface area contributed by atoms with E-state index in [1.54, 1.807) is 25.1 Å². The highest BCUT2D eigenvalue weighted by Gasteiger charge is 2.24. The highest BCUT2D eigenvalue weighted by molar-refractivity contribution is 8.14. The molecule has 1 amide bonds. The first-order valence-electron chi connectivity index (χ1n) is 7.05. The molecule has 0 heterocycles. The van der Waals surface area contributed by atoms with E-state index in [0.717, 1.165) is 22.9 Å². The number of carbonyl (C=O) groups excluding carboxylic acids is 1. The molecule has 2 rings (SSSR count). The molecule has 6 heteroatoms. The lowest BCUT2D eigenvalue weighted by atomic mass is 10.0. The summed E-state index contributed by atoms with van der Waals surface area (Å²) in [7, 11) is 0. The Bertz CT molecular complexity index is 703. The minimum Gasteiger partial charge on any atom is -0.480 e. The number of hydrogen-bond donors (Lipinski definition) is 2. The van der Waals surface area contributed by atoms with E-state index in [1.165, 1.54) is 0 Å². The van der Waals surface area contributed by atoms with Crippen LogP contribution in [0.2, 0.25) is 5.02 Å². The van der Waals surface area contributed by atoms with Crippen molar-refractivity contribution in [2.45, 2.75) is 12.2 Å². The van der Waals surface area contributed by atoms with E-state index in [2.05, 4.69) is 5.32 Å². The van der Waals surface area contributed by atoms with Crippen molar-refractivity contribution in [2.24, 2.45) is 0 Å². The van der Waals surface area contributed by atoms with Gasteiger partial charge in [0.15, 0.2) is 0 Å². The lowest BCUT2D eigenvalue weighted by Crippen LogP contribution is -2.21. The molecule has 4 nitrogen and oxygen atoms in total. The van der Waals surface area contributed by atoms with Crippen LogP contribution in [0.25, 0.3) is 11.1 Å². The van der Waals surface area contributed by atoms with Gasteiger partial charge >= 0.3 is 5.97 Å². The SMILES string of the molecule is CCNC(=O)SC(C(=O)O)c1ccc(-c2ccccc2Cl)cc1. The average Bonchev–Trinajstić information content (AvgIpc) is 2.53. The minimum absolute atomic E-state index is 0.352. The van der Waals surface area contributed by atoms with Gasteiger partial charge in [-0.2, -0.15) is 0 Å². The van der Waals surface area contributed by atoms with Crippen LogP contribution in [-0.4, -0.2) is 22.9 Å². The van der Waals surface area contributed by atoms with Crippen molar-refractivity contribution in [3.8, 4) is 11.1 Å². The third-order valence-corrected chi connectivity index (χ3v) is 4.57. The first kappa shape index (κ1) is 17.4. The maximum atomic E-state index is 11.6. The van der Waals surface area contributed by atoms with Crippen molar-refractivity contribution in [3.63, 3.8) is 0 Å². The Hall–Kier alpha value is -1.98. The van der Waals surface area contributed by atoms with Gasteiger partial charge in [-0.15, -0.1) is 0 Å². The van der Waals surface area contributed by atoms with Gasteiger partial charge in [-0.05, 0) is 35.9 Å². The molecule has 0 bridgehead atoms. The fourth-order valence-corrected chi connectivity index (χ4v) is 3.17. The van der Waals surface area contributed by atoms with Gasteiger partial charge in [-0.3, -0.25) is 9.59 Å². The highest BCUT2D eigenvalue weighted by Crippen LogP contribution is 2.33. The summed E-state index contributed by atoms with van der Waals surface area (Å²) in [6.07, 6.45) is 0. The Balaban J connectivity index is 2.24. The van der Waals surface area contributed by atoms with Crippen LogP contribution in [-0.2, 0) is 4.79 Å². The van der Waals surface area contributed by atoms with Gasteiger partial charge in [0.05, 0.1) is 0 Å². The van der Waals surface area contributed by atoms with E-state index in [9.17, 15) is 14.7 Å². The molecule has 2 aromatic rings. The van der Waals surface area contributed by atoms with Crippen molar-refractivity contribution < 1.29 is 14.7 Å². The maximum Gasteiger partial charge on any atom is 0.321 e. The van der Waals surface area contributed by atoms with E-state index in [4.69, 9.17) is 11.6 Å². The normalized spacial score (nSPS) is 11.7. The van der Waals surface area contributed by atoms with Crippen LogP contribution in [0.3, 0.4) is 0 Å². The first-order chi connectivity index (χ1) is 11.0. The molecule has 0 aliphatic carbocycles. The quantitative estimate of drug-likeness (QED) is 0.828. The van der Waals surface area contributed by atoms with Gasteiger partial charge in [-0.1, -0.05) is 54.1 Å². The van der Waals surface area contributed by atoms with Crippen LogP contribution in [0.1, 0.15) is 17.7 Å². The summed E-state index contributed by atoms with van der Waals surface area (Å²) in [6, 6.07) is 14.5. The lowest BCUT2D eigenvalue weighted by molar-refractivity contribution is -0.136. The van der Waals surface area contributed by atoms with Crippen LogP contribution < -0.4 is 5.32 Å². The molecule has 1 atom stereocenters. The average molecular weight is 350 g/mol. The third kappa shape index (κ3) is 4.50. The summed E-state index contributed by atoms with van der Waals surface area (Å²) in [6.45, 7) is 2.25. The number of nitrogens with one attached hydrogen (secondary N) is 1. The van der Waals surface area contributed by atoms with Crippen LogP contribution in [0, 0.1) is 0 Å². The van der Waals surface area contributed by atoms with E-state index >= 15 is 0 Å². The largest absolute Gasteiger partial charge is 0.480 e. The van der Waals surface area contributed by atoms with Gasteiger partial charge in [0.25, 0.3) is 5.24 Å². The fourth-order valence-electron chi connectivity index (χ4n) is 2.09. The maximum absolute atomic E-state index is 11.6. The lowest BCUT2D eigenvalue weighted by Gasteiger charge is -2.13. The molecule has 0 aliphatic heterocycles. The Kier molecular flexibility index (Phi) is 6.07. The second-order valence-corrected chi connectivity index (χ2v) is 6.24. The number of carbonyl (C=O) groups is 2. The highest BCUT2D eigenvalue weighted by atomic mass is 35.5. The molecule has 0 aromatic heterocycles. The monoisotopic (exact) mass is 349 g/mol. The zero-order valence-electron chi connectivity index (χ0n) is 12.5. The smallest absolute Gasteiger partial charge is 0.321 e. The Morgan fingerprint density at radius 3 is 2.39 bits per heavy atom. The molecule has 0 aliphatic rings. The van der Waals surface area contributed by atoms with Crippen molar-refractivity contribution in [2.75, 3.05) is 6.54 Å². The fraction of sp³-hybridized carbons (Fsp3) is 0.176. The zero-order valence-corrected chi connectivity index (χ0v) is 14.0. The summed E-state index contributed by atoms with van der Waals surface area (Å²) in [5, 5.41) is 11.3. The Morgan fingerprint density at radius 2 is 1.83 bits per heavy atom. The van der Waals surface area contributed by atoms with Gasteiger partial charge in [0.2, 0.25) is 0 Å². The summed E-state index contributed by atoms with van der Waals surface area (Å²) >= 11 is 6.92. The standard InChI is InChI=1S/C17H16ClNO3S/c1-2-19-17(22)23-15(16(20)21)12-9-7-11(8-10-12)13-5-3-4-6-14(13)18/h3-10,15H,2H2,1H3,(H,19,22)(H,20,21). The van der Waals surface area contributed by atoms with Crippen molar-refractivity contribution in [1.82, 2.24) is 5.32 Å². The van der Waals surface area contributed by atoms with Crippen molar-refractivity contribution in [3.05, 3.63) is 59.1 Å². The first-order valence-corrected chi connectivity index (χ1v) is 8.31. The molecule has 0 saturated heterocycles. The molecule has 2 N–H and O–H groups in total. The van der Waals surface area contributed by atoms with E-state index in [0.29, 0.717) is 17.1 Å². The molecular formula is C17H16ClNO3S. The molecular weight excluding hydrogens is 334 g/mol. The minimum atomic E-state index is -1.05. The molecule has 0 saturated carbocycles. The van der Waals surface area contributed by atoms with E-state index < -0.39 is 11.2 Å².